The van der Waals surface area contributed by atoms with Crippen molar-refractivity contribution < 1.29 is 13.2 Å². The molecule has 1 unspecified atom stereocenters. The molecular formula is C35H36N4O3S. The lowest BCUT2D eigenvalue weighted by Crippen LogP contribution is -2.41. The van der Waals surface area contributed by atoms with Gasteiger partial charge in [-0.05, 0) is 61.1 Å². The summed E-state index contributed by atoms with van der Waals surface area (Å²) >= 11 is 0. The highest BCUT2D eigenvalue weighted by Gasteiger charge is 2.41. The van der Waals surface area contributed by atoms with Gasteiger partial charge in [-0.1, -0.05) is 84.4 Å². The molecule has 0 saturated carbocycles. The van der Waals surface area contributed by atoms with E-state index in [0.29, 0.717) is 34.7 Å². The summed E-state index contributed by atoms with van der Waals surface area (Å²) in [5.74, 6) is 0.725. The summed E-state index contributed by atoms with van der Waals surface area (Å²) in [6.07, 6.45) is 0.665. The minimum absolute atomic E-state index is 0.00103. The Morgan fingerprint density at radius 1 is 0.930 bits per heavy atom. The number of sulfonamides is 1. The second-order valence-electron chi connectivity index (χ2n) is 11.3. The fourth-order valence-electron chi connectivity index (χ4n) is 6.40. The molecule has 0 bridgehead atoms. The molecule has 1 amide bonds. The van der Waals surface area contributed by atoms with E-state index >= 15 is 0 Å². The van der Waals surface area contributed by atoms with Crippen LogP contribution in [0.1, 0.15) is 45.8 Å². The molecule has 8 heteroatoms. The Labute approximate surface area is 253 Å². The van der Waals surface area contributed by atoms with Crippen LogP contribution in [-0.2, 0) is 21.2 Å². The third-order valence-corrected chi connectivity index (χ3v) is 10.3. The van der Waals surface area contributed by atoms with Gasteiger partial charge in [-0.3, -0.25) is 14.1 Å². The SMILES string of the molecule is Cc1cc(C)c(S(=O)(=O)N2c3ccccc3-c3ccccc3C2CC(=O)NCCc2ccc(C3=NCCN3)cc2)c(C)c1. The maximum absolute atomic E-state index is 14.6. The van der Waals surface area contributed by atoms with Crippen LogP contribution in [0.4, 0.5) is 5.69 Å². The number of rotatable bonds is 8. The fraction of sp³-hybridized carbons (Fsp3) is 0.257. The van der Waals surface area contributed by atoms with Gasteiger partial charge in [0, 0.05) is 24.2 Å². The highest BCUT2D eigenvalue weighted by Crippen LogP contribution is 2.48. The molecule has 0 aliphatic carbocycles. The number of carbonyl (C=O) groups is 1. The van der Waals surface area contributed by atoms with Gasteiger partial charge >= 0.3 is 0 Å². The van der Waals surface area contributed by atoms with Crippen molar-refractivity contribution in [1.82, 2.24) is 10.6 Å². The van der Waals surface area contributed by atoms with Crippen LogP contribution in [0.5, 0.6) is 0 Å². The summed E-state index contributed by atoms with van der Waals surface area (Å²) in [6, 6.07) is 26.6. The molecule has 0 radical (unpaired) electrons. The van der Waals surface area contributed by atoms with E-state index < -0.39 is 16.1 Å². The lowest BCUT2D eigenvalue weighted by atomic mass is 9.88. The number of para-hydroxylation sites is 1. The average molecular weight is 593 g/mol. The molecule has 4 aromatic rings. The number of nitrogens with one attached hydrogen (secondary N) is 2. The average Bonchev–Trinajstić information content (AvgIpc) is 3.52. The zero-order chi connectivity index (χ0) is 30.1. The number of carbonyl (C=O) groups excluding carboxylic acids is 1. The number of hydrogen-bond donors (Lipinski definition) is 2. The molecule has 220 valence electrons. The van der Waals surface area contributed by atoms with Crippen LogP contribution in [0.2, 0.25) is 0 Å². The topological polar surface area (TPSA) is 90.9 Å². The molecule has 0 spiro atoms. The first kappa shape index (κ1) is 28.7. The molecule has 7 nitrogen and oxygen atoms in total. The van der Waals surface area contributed by atoms with E-state index in [4.69, 9.17) is 0 Å². The van der Waals surface area contributed by atoms with Crippen molar-refractivity contribution in [1.29, 1.82) is 0 Å². The Kier molecular flexibility index (Phi) is 7.79. The van der Waals surface area contributed by atoms with Gasteiger partial charge in [-0.25, -0.2) is 8.42 Å². The second kappa shape index (κ2) is 11.7. The van der Waals surface area contributed by atoms with E-state index in [1.807, 2.05) is 93.6 Å². The zero-order valence-electron chi connectivity index (χ0n) is 24.7. The smallest absolute Gasteiger partial charge is 0.265 e. The van der Waals surface area contributed by atoms with Crippen molar-refractivity contribution in [2.75, 3.05) is 23.9 Å². The summed E-state index contributed by atoms with van der Waals surface area (Å²) < 4.78 is 30.7. The second-order valence-corrected chi connectivity index (χ2v) is 13.1. The van der Waals surface area contributed by atoms with Crippen molar-refractivity contribution in [3.63, 3.8) is 0 Å². The zero-order valence-corrected chi connectivity index (χ0v) is 25.5. The van der Waals surface area contributed by atoms with Gasteiger partial charge in [0.1, 0.15) is 5.84 Å². The Morgan fingerprint density at radius 2 is 1.60 bits per heavy atom. The van der Waals surface area contributed by atoms with Crippen LogP contribution in [0.25, 0.3) is 11.1 Å². The van der Waals surface area contributed by atoms with Crippen molar-refractivity contribution in [3.8, 4) is 11.1 Å². The first-order chi connectivity index (χ1) is 20.7. The minimum atomic E-state index is -4.03. The third kappa shape index (κ3) is 5.55. The van der Waals surface area contributed by atoms with Crippen LogP contribution in [0, 0.1) is 20.8 Å². The van der Waals surface area contributed by atoms with E-state index in [2.05, 4.69) is 27.8 Å². The Balaban J connectivity index is 1.28. The number of aryl methyl sites for hydroxylation is 3. The van der Waals surface area contributed by atoms with Gasteiger partial charge in [-0.15, -0.1) is 0 Å². The van der Waals surface area contributed by atoms with Gasteiger partial charge in [0.25, 0.3) is 10.0 Å². The number of nitrogens with zero attached hydrogens (tertiary/aromatic N) is 2. The minimum Gasteiger partial charge on any atom is -0.368 e. The normalized spacial score (nSPS) is 15.7. The predicted octanol–water partition coefficient (Wildman–Crippen LogP) is 5.63. The third-order valence-electron chi connectivity index (χ3n) is 8.17. The predicted molar refractivity (Wildman–Crippen MR) is 172 cm³/mol. The van der Waals surface area contributed by atoms with E-state index in [1.54, 1.807) is 0 Å². The van der Waals surface area contributed by atoms with Crippen LogP contribution in [0.15, 0.2) is 94.8 Å². The number of anilines is 1. The molecule has 2 aliphatic rings. The number of amides is 1. The van der Waals surface area contributed by atoms with Crippen LogP contribution >= 0.6 is 0 Å². The van der Waals surface area contributed by atoms with Crippen molar-refractivity contribution >= 4 is 27.5 Å². The summed E-state index contributed by atoms with van der Waals surface area (Å²) in [7, 11) is -4.03. The quantitative estimate of drug-likeness (QED) is 0.278. The molecule has 2 heterocycles. The summed E-state index contributed by atoms with van der Waals surface area (Å²) in [5.41, 5.74) is 7.74. The van der Waals surface area contributed by atoms with Gasteiger partial charge in [0.2, 0.25) is 5.91 Å². The van der Waals surface area contributed by atoms with E-state index in [-0.39, 0.29) is 12.3 Å². The number of amidine groups is 1. The van der Waals surface area contributed by atoms with E-state index in [0.717, 1.165) is 52.3 Å². The van der Waals surface area contributed by atoms with Crippen molar-refractivity contribution in [2.45, 2.75) is 44.6 Å². The first-order valence-electron chi connectivity index (χ1n) is 14.7. The molecule has 2 N–H and O–H groups in total. The summed E-state index contributed by atoms with van der Waals surface area (Å²) in [6.45, 7) is 7.74. The van der Waals surface area contributed by atoms with Gasteiger partial charge in [0.05, 0.1) is 29.6 Å². The molecule has 0 aromatic heterocycles. The standard InChI is InChI=1S/C35H36N4O3S/c1-23-20-24(2)34(25(3)21-23)43(41,42)39-31-11-7-6-9-29(31)28-8-4-5-10-30(28)32(39)22-33(40)36-17-16-26-12-14-27(15-13-26)35-37-18-19-38-35/h4-15,20-21,32H,16-19,22H2,1-3H3,(H,36,40)(H,37,38). The van der Waals surface area contributed by atoms with Gasteiger partial charge < -0.3 is 10.6 Å². The maximum Gasteiger partial charge on any atom is 0.265 e. The molecule has 4 aromatic carbocycles. The first-order valence-corrected chi connectivity index (χ1v) is 16.1. The molecule has 0 saturated heterocycles. The van der Waals surface area contributed by atoms with E-state index in [1.165, 1.54) is 4.31 Å². The van der Waals surface area contributed by atoms with Crippen LogP contribution in [0.3, 0.4) is 0 Å². The summed E-state index contributed by atoms with van der Waals surface area (Å²) in [4.78, 5) is 18.2. The van der Waals surface area contributed by atoms with Gasteiger partial charge in [-0.2, -0.15) is 0 Å². The Morgan fingerprint density at radius 3 is 2.30 bits per heavy atom. The molecule has 2 aliphatic heterocycles. The van der Waals surface area contributed by atoms with Gasteiger partial charge in [0.15, 0.2) is 0 Å². The maximum atomic E-state index is 14.6. The Bertz CT molecular complexity index is 1810. The lowest BCUT2D eigenvalue weighted by molar-refractivity contribution is -0.121. The molecule has 6 rings (SSSR count). The largest absolute Gasteiger partial charge is 0.368 e. The number of benzene rings is 4. The molecule has 1 atom stereocenters. The lowest BCUT2D eigenvalue weighted by Gasteiger charge is -2.39. The van der Waals surface area contributed by atoms with Crippen LogP contribution < -0.4 is 14.9 Å². The number of hydrogen-bond acceptors (Lipinski definition) is 5. The highest BCUT2D eigenvalue weighted by atomic mass is 32.2. The Hall–Kier alpha value is -4.43. The highest BCUT2D eigenvalue weighted by molar-refractivity contribution is 7.93. The van der Waals surface area contributed by atoms with Crippen molar-refractivity contribution in [2.24, 2.45) is 4.99 Å². The van der Waals surface area contributed by atoms with E-state index in [9.17, 15) is 13.2 Å². The summed E-state index contributed by atoms with van der Waals surface area (Å²) in [5, 5.41) is 6.33. The number of fused-ring (bicyclic) bond motifs is 3. The van der Waals surface area contributed by atoms with Crippen molar-refractivity contribution in [3.05, 3.63) is 118 Å². The monoisotopic (exact) mass is 592 g/mol. The van der Waals surface area contributed by atoms with Crippen LogP contribution in [-0.4, -0.2) is 39.8 Å². The molecule has 0 fully saturated rings. The number of aliphatic imine (C=N–C) groups is 1. The molecular weight excluding hydrogens is 556 g/mol. The molecule has 43 heavy (non-hydrogen) atoms. The fourth-order valence-corrected chi connectivity index (χ4v) is 8.47.